The van der Waals surface area contributed by atoms with E-state index in [-0.39, 0.29) is 11.4 Å². The summed E-state index contributed by atoms with van der Waals surface area (Å²) in [5.74, 6) is -1.33. The molecule has 1 atom stereocenters. The zero-order valence-corrected chi connectivity index (χ0v) is 11.8. The van der Waals surface area contributed by atoms with Crippen LogP contribution in [0.15, 0.2) is 23.1 Å². The van der Waals surface area contributed by atoms with Crippen molar-refractivity contribution >= 4 is 33.3 Å². The first-order valence-electron chi connectivity index (χ1n) is 5.38. The van der Waals surface area contributed by atoms with Gasteiger partial charge in [0, 0.05) is 6.07 Å². The van der Waals surface area contributed by atoms with Crippen LogP contribution in [-0.2, 0) is 14.8 Å². The molecule has 0 saturated heterocycles. The largest absolute Gasteiger partial charge is 0.480 e. The molecule has 0 aliphatic carbocycles. The van der Waals surface area contributed by atoms with Gasteiger partial charge in [-0.25, -0.2) is 8.42 Å². The number of hydrogen-bond donors (Lipinski definition) is 2. The third-order valence-corrected chi connectivity index (χ3v) is 4.22. The summed E-state index contributed by atoms with van der Waals surface area (Å²) in [6.45, 7) is 1.49. The van der Waals surface area contributed by atoms with Crippen molar-refractivity contribution in [2.24, 2.45) is 0 Å². The van der Waals surface area contributed by atoms with Crippen molar-refractivity contribution in [3.63, 3.8) is 0 Å². The lowest BCUT2D eigenvalue weighted by atomic mass is 10.2. The number of halogens is 1. The highest BCUT2D eigenvalue weighted by Crippen LogP contribution is 2.27. The van der Waals surface area contributed by atoms with Crippen molar-refractivity contribution in [2.75, 3.05) is 0 Å². The summed E-state index contributed by atoms with van der Waals surface area (Å²) in [5.41, 5.74) is -0.571. The van der Waals surface area contributed by atoms with Gasteiger partial charge in [0.2, 0.25) is 10.0 Å². The van der Waals surface area contributed by atoms with Gasteiger partial charge in [0.15, 0.2) is 0 Å². The summed E-state index contributed by atoms with van der Waals surface area (Å²) in [4.78, 5) is 20.3. The Hall–Kier alpha value is -1.71. The van der Waals surface area contributed by atoms with Crippen LogP contribution in [0.5, 0.6) is 0 Å². The quantitative estimate of drug-likeness (QED) is 0.602. The van der Waals surface area contributed by atoms with Crippen LogP contribution in [0, 0.1) is 10.1 Å². The monoisotopic (exact) mass is 322 g/mol. The average Bonchev–Trinajstić information content (AvgIpc) is 2.35. The maximum Gasteiger partial charge on any atom is 0.321 e. The molecule has 0 spiro atoms. The fourth-order valence-electron chi connectivity index (χ4n) is 1.36. The zero-order chi connectivity index (χ0) is 15.5. The molecule has 1 aromatic rings. The minimum Gasteiger partial charge on any atom is -0.480 e. The van der Waals surface area contributed by atoms with Gasteiger partial charge < -0.3 is 5.11 Å². The van der Waals surface area contributed by atoms with E-state index in [1.165, 1.54) is 6.92 Å². The number of nitro benzene ring substituents is 1. The van der Waals surface area contributed by atoms with E-state index in [9.17, 15) is 23.3 Å². The second kappa shape index (κ2) is 6.16. The predicted molar refractivity (Wildman–Crippen MR) is 70.1 cm³/mol. The predicted octanol–water partition coefficient (Wildman–Crippen LogP) is 1.39. The molecule has 0 aromatic heterocycles. The highest BCUT2D eigenvalue weighted by Gasteiger charge is 2.26. The molecule has 0 bridgehead atoms. The van der Waals surface area contributed by atoms with E-state index in [1.807, 2.05) is 4.72 Å². The normalized spacial score (nSPS) is 12.9. The van der Waals surface area contributed by atoms with Gasteiger partial charge in [0.25, 0.3) is 5.69 Å². The topological polar surface area (TPSA) is 127 Å². The molecule has 8 nitrogen and oxygen atoms in total. The van der Waals surface area contributed by atoms with Crippen molar-refractivity contribution in [2.45, 2.75) is 24.3 Å². The molecule has 110 valence electrons. The number of sulfonamides is 1. The van der Waals surface area contributed by atoms with Crippen LogP contribution < -0.4 is 4.72 Å². The molecule has 0 fully saturated rings. The van der Waals surface area contributed by atoms with Crippen molar-refractivity contribution in [1.29, 1.82) is 0 Å². The molecule has 10 heteroatoms. The second-order valence-electron chi connectivity index (χ2n) is 3.79. The molecule has 0 heterocycles. The van der Waals surface area contributed by atoms with Crippen LogP contribution in [0.3, 0.4) is 0 Å². The molecule has 20 heavy (non-hydrogen) atoms. The standard InChI is InChI=1S/C10H11ClN2O6S/c1-2-8(10(14)15)12-20(18,19)6-3-4-7(11)9(5-6)13(16)17/h3-5,8,12H,2H2,1H3,(H,14,15)/t8-/m1/s1. The van der Waals surface area contributed by atoms with Gasteiger partial charge in [-0.2, -0.15) is 4.72 Å². The third-order valence-electron chi connectivity index (χ3n) is 2.43. The molecule has 0 radical (unpaired) electrons. The SMILES string of the molecule is CC[C@@H](NS(=O)(=O)c1ccc(Cl)c([N+](=O)[O-])c1)C(=O)O. The molecule has 2 N–H and O–H groups in total. The molecule has 1 aromatic carbocycles. The Morgan fingerprint density at radius 3 is 2.60 bits per heavy atom. The maximum atomic E-state index is 12.0. The fourth-order valence-corrected chi connectivity index (χ4v) is 2.84. The molecule has 0 aliphatic heterocycles. The van der Waals surface area contributed by atoms with E-state index in [0.717, 1.165) is 18.2 Å². The number of nitro groups is 1. The Bertz CT molecular complexity index is 645. The second-order valence-corrected chi connectivity index (χ2v) is 5.91. The van der Waals surface area contributed by atoms with Gasteiger partial charge in [-0.3, -0.25) is 14.9 Å². The number of carbonyl (C=O) groups is 1. The minimum atomic E-state index is -4.18. The zero-order valence-electron chi connectivity index (χ0n) is 10.2. The van der Waals surface area contributed by atoms with E-state index >= 15 is 0 Å². The van der Waals surface area contributed by atoms with E-state index in [1.54, 1.807) is 0 Å². The lowest BCUT2D eigenvalue weighted by Crippen LogP contribution is -2.40. The van der Waals surface area contributed by atoms with E-state index in [2.05, 4.69) is 0 Å². The number of rotatable bonds is 6. The minimum absolute atomic E-state index is 0.0320. The van der Waals surface area contributed by atoms with Crippen LogP contribution in [0.1, 0.15) is 13.3 Å². The molecule has 1 rings (SSSR count). The number of carboxylic acids is 1. The fraction of sp³-hybridized carbons (Fsp3) is 0.300. The molecule has 0 aliphatic rings. The van der Waals surface area contributed by atoms with Crippen molar-refractivity contribution in [1.82, 2.24) is 4.72 Å². The van der Waals surface area contributed by atoms with Crippen LogP contribution in [0.4, 0.5) is 5.69 Å². The Morgan fingerprint density at radius 2 is 2.15 bits per heavy atom. The first-order valence-corrected chi connectivity index (χ1v) is 7.24. The molecule has 0 unspecified atom stereocenters. The third kappa shape index (κ3) is 3.65. The van der Waals surface area contributed by atoms with Gasteiger partial charge in [0.1, 0.15) is 11.1 Å². The number of benzene rings is 1. The summed E-state index contributed by atoms with van der Waals surface area (Å²) in [6, 6.07) is 1.59. The Labute approximate surface area is 119 Å². The first-order chi connectivity index (χ1) is 9.19. The van der Waals surface area contributed by atoms with E-state index < -0.39 is 37.5 Å². The van der Waals surface area contributed by atoms with Crippen molar-refractivity contribution in [3.05, 3.63) is 33.3 Å². The van der Waals surface area contributed by atoms with E-state index in [0.29, 0.717) is 0 Å². The Balaban J connectivity index is 3.19. The summed E-state index contributed by atoms with van der Waals surface area (Å²) in [7, 11) is -4.18. The Kier molecular flexibility index (Phi) is 5.03. The smallest absolute Gasteiger partial charge is 0.321 e. The number of hydrogen-bond acceptors (Lipinski definition) is 5. The highest BCUT2D eigenvalue weighted by molar-refractivity contribution is 7.89. The number of carboxylic acid groups (broad SMARTS) is 1. The van der Waals surface area contributed by atoms with Gasteiger partial charge in [0.05, 0.1) is 9.82 Å². The lowest BCUT2D eigenvalue weighted by Gasteiger charge is -2.12. The number of nitrogens with one attached hydrogen (secondary N) is 1. The van der Waals surface area contributed by atoms with Crippen LogP contribution >= 0.6 is 11.6 Å². The number of nitrogens with zero attached hydrogens (tertiary/aromatic N) is 1. The molecular weight excluding hydrogens is 312 g/mol. The summed E-state index contributed by atoms with van der Waals surface area (Å²) in [6.07, 6.45) is 0.0320. The molecule has 0 saturated carbocycles. The summed E-state index contributed by atoms with van der Waals surface area (Å²) < 4.78 is 25.9. The van der Waals surface area contributed by atoms with E-state index in [4.69, 9.17) is 16.7 Å². The van der Waals surface area contributed by atoms with Gasteiger partial charge >= 0.3 is 5.97 Å². The number of aliphatic carboxylic acids is 1. The van der Waals surface area contributed by atoms with Crippen LogP contribution in [-0.4, -0.2) is 30.5 Å². The first kappa shape index (κ1) is 16.3. The van der Waals surface area contributed by atoms with Crippen molar-refractivity contribution < 1.29 is 23.2 Å². The van der Waals surface area contributed by atoms with Crippen molar-refractivity contribution in [3.8, 4) is 0 Å². The van der Waals surface area contributed by atoms with Crippen LogP contribution in [0.2, 0.25) is 5.02 Å². The Morgan fingerprint density at radius 1 is 1.55 bits per heavy atom. The van der Waals surface area contributed by atoms with Crippen LogP contribution in [0.25, 0.3) is 0 Å². The molecular formula is C10H11ClN2O6S. The lowest BCUT2D eigenvalue weighted by molar-refractivity contribution is -0.384. The highest BCUT2D eigenvalue weighted by atomic mass is 35.5. The van der Waals surface area contributed by atoms with Gasteiger partial charge in [-0.05, 0) is 18.6 Å². The summed E-state index contributed by atoms with van der Waals surface area (Å²) in [5, 5.41) is 19.3. The maximum absolute atomic E-state index is 12.0. The molecule has 0 amide bonds. The van der Waals surface area contributed by atoms with Gasteiger partial charge in [-0.15, -0.1) is 0 Å². The summed E-state index contributed by atoms with van der Waals surface area (Å²) >= 11 is 5.57. The average molecular weight is 323 g/mol. The van der Waals surface area contributed by atoms with Gasteiger partial charge in [-0.1, -0.05) is 18.5 Å².